The van der Waals surface area contributed by atoms with E-state index in [4.69, 9.17) is 21.7 Å². The van der Waals surface area contributed by atoms with E-state index >= 15 is 0 Å². The van der Waals surface area contributed by atoms with Gasteiger partial charge in [0.1, 0.15) is 0 Å². The van der Waals surface area contributed by atoms with Gasteiger partial charge in [-0.15, -0.1) is 0 Å². The summed E-state index contributed by atoms with van der Waals surface area (Å²) in [4.78, 5) is 2.39. The fourth-order valence-electron chi connectivity index (χ4n) is 5.53. The molecule has 0 amide bonds. The minimum atomic E-state index is 0.101. The quantitative estimate of drug-likeness (QED) is 0.330. The van der Waals surface area contributed by atoms with Crippen molar-refractivity contribution in [2.45, 2.75) is 69.9 Å². The number of methoxy groups -OCH3 is 1. The van der Waals surface area contributed by atoms with Crippen molar-refractivity contribution < 1.29 is 9.47 Å². The van der Waals surface area contributed by atoms with Gasteiger partial charge >= 0.3 is 0 Å². The van der Waals surface area contributed by atoms with E-state index in [2.05, 4.69) is 45.9 Å². The van der Waals surface area contributed by atoms with Crippen molar-refractivity contribution in [2.24, 2.45) is 11.8 Å². The number of hydrogen-bond acceptors (Lipinski definition) is 4. The zero-order valence-corrected chi connectivity index (χ0v) is 21.6. The van der Waals surface area contributed by atoms with E-state index in [0.29, 0.717) is 12.0 Å². The normalized spacial score (nSPS) is 21.5. The second-order valence-electron chi connectivity index (χ2n) is 9.84. The van der Waals surface area contributed by atoms with Crippen LogP contribution in [0.2, 0.25) is 0 Å². The highest BCUT2D eigenvalue weighted by Crippen LogP contribution is 2.33. The largest absolute Gasteiger partial charge is 0.385 e. The molecule has 186 valence electrons. The lowest BCUT2D eigenvalue weighted by atomic mass is 9.85. The summed E-state index contributed by atoms with van der Waals surface area (Å²) in [5.74, 6) is 1.27. The van der Waals surface area contributed by atoms with Crippen LogP contribution in [0.1, 0.15) is 69.5 Å². The van der Waals surface area contributed by atoms with Gasteiger partial charge in [-0.25, -0.2) is 0 Å². The summed E-state index contributed by atoms with van der Waals surface area (Å²) >= 11 is 5.94. The molecule has 1 saturated carbocycles. The molecule has 1 heterocycles. The maximum atomic E-state index is 6.44. The Labute approximate surface area is 207 Å². The SMILES string of the molecule is CNC[C@H](CC1CCCCC1)NC(=S)N1CCCC(C(OCCCOC)c2ccccc2)C1. The molecule has 3 rings (SSSR count). The van der Waals surface area contributed by atoms with Crippen LogP contribution in [0.4, 0.5) is 0 Å². The third-order valence-corrected chi connectivity index (χ3v) is 7.59. The van der Waals surface area contributed by atoms with E-state index in [0.717, 1.165) is 56.7 Å². The van der Waals surface area contributed by atoms with Crippen molar-refractivity contribution in [1.82, 2.24) is 15.5 Å². The highest BCUT2D eigenvalue weighted by molar-refractivity contribution is 7.80. The van der Waals surface area contributed by atoms with Crippen LogP contribution in [-0.4, -0.2) is 63.1 Å². The highest BCUT2D eigenvalue weighted by Gasteiger charge is 2.31. The number of thiocarbonyl (C=S) groups is 1. The van der Waals surface area contributed by atoms with Gasteiger partial charge in [0.05, 0.1) is 6.10 Å². The minimum absolute atomic E-state index is 0.101. The van der Waals surface area contributed by atoms with Crippen LogP contribution in [0.3, 0.4) is 0 Å². The zero-order chi connectivity index (χ0) is 23.3. The minimum Gasteiger partial charge on any atom is -0.385 e. The van der Waals surface area contributed by atoms with Crippen LogP contribution in [0.15, 0.2) is 30.3 Å². The Balaban J connectivity index is 1.59. The predicted octanol–water partition coefficient (Wildman–Crippen LogP) is 4.93. The Kier molecular flexibility index (Phi) is 11.9. The molecule has 2 fully saturated rings. The van der Waals surface area contributed by atoms with E-state index in [-0.39, 0.29) is 6.10 Å². The van der Waals surface area contributed by atoms with Crippen molar-refractivity contribution in [3.8, 4) is 0 Å². The number of hydrogen-bond donors (Lipinski definition) is 2. The number of nitrogens with one attached hydrogen (secondary N) is 2. The van der Waals surface area contributed by atoms with Crippen molar-refractivity contribution >= 4 is 17.3 Å². The molecule has 1 aliphatic carbocycles. The average Bonchev–Trinajstić information content (AvgIpc) is 2.85. The standard InChI is InChI=1S/C27H45N3O2S/c1-28-20-25(19-22-11-5-3-6-12-22)29-27(33)30-16-9-15-24(21-30)26(32-18-10-17-31-2)23-13-7-4-8-14-23/h4,7-8,13-14,22,24-26,28H,3,5-6,9-12,15-21H2,1-2H3,(H,29,33)/t24?,25-,26?/m0/s1. The molecule has 5 nitrogen and oxygen atoms in total. The summed E-state index contributed by atoms with van der Waals surface area (Å²) in [6.45, 7) is 4.40. The zero-order valence-electron chi connectivity index (χ0n) is 20.8. The maximum Gasteiger partial charge on any atom is 0.169 e. The second-order valence-corrected chi connectivity index (χ2v) is 10.2. The second kappa shape index (κ2) is 14.9. The van der Waals surface area contributed by atoms with E-state index in [9.17, 15) is 0 Å². The van der Waals surface area contributed by atoms with Gasteiger partial charge in [0.15, 0.2) is 5.11 Å². The molecule has 33 heavy (non-hydrogen) atoms. The Bertz CT molecular complexity index is 669. The summed E-state index contributed by atoms with van der Waals surface area (Å²) in [5.41, 5.74) is 1.27. The van der Waals surface area contributed by atoms with Crippen LogP contribution in [0, 0.1) is 11.8 Å². The molecule has 1 saturated heterocycles. The predicted molar refractivity (Wildman–Crippen MR) is 141 cm³/mol. The Morgan fingerprint density at radius 1 is 1.09 bits per heavy atom. The first kappa shape index (κ1) is 26.4. The van der Waals surface area contributed by atoms with Gasteiger partial charge in [-0.2, -0.15) is 0 Å². The number of benzene rings is 1. The Hall–Kier alpha value is -1.21. The van der Waals surface area contributed by atoms with Crippen molar-refractivity contribution in [3.05, 3.63) is 35.9 Å². The molecule has 2 N–H and O–H groups in total. The number of likely N-dealkylation sites (tertiary alicyclic amines) is 1. The molecule has 2 aliphatic rings. The summed E-state index contributed by atoms with van der Waals surface area (Å²) in [6.07, 6.45) is 11.5. The summed E-state index contributed by atoms with van der Waals surface area (Å²) in [7, 11) is 3.79. The summed E-state index contributed by atoms with van der Waals surface area (Å²) in [6, 6.07) is 11.1. The lowest BCUT2D eigenvalue weighted by molar-refractivity contribution is -0.0142. The maximum absolute atomic E-state index is 6.44. The molecule has 1 aliphatic heterocycles. The monoisotopic (exact) mass is 475 g/mol. The number of nitrogens with zero attached hydrogens (tertiary/aromatic N) is 1. The topological polar surface area (TPSA) is 45.8 Å². The average molecular weight is 476 g/mol. The fraction of sp³-hybridized carbons (Fsp3) is 0.741. The van der Waals surface area contributed by atoms with Gasteiger partial charge < -0.3 is 25.0 Å². The third-order valence-electron chi connectivity index (χ3n) is 7.21. The van der Waals surface area contributed by atoms with Gasteiger partial charge in [0.2, 0.25) is 0 Å². The van der Waals surface area contributed by atoms with E-state index in [1.807, 2.05) is 7.05 Å². The van der Waals surface area contributed by atoms with Crippen molar-refractivity contribution in [3.63, 3.8) is 0 Å². The van der Waals surface area contributed by atoms with E-state index in [1.54, 1.807) is 7.11 Å². The number of likely N-dealkylation sites (N-methyl/N-ethyl adjacent to an activating group) is 1. The lowest BCUT2D eigenvalue weighted by Crippen LogP contribution is -2.51. The Morgan fingerprint density at radius 2 is 1.88 bits per heavy atom. The molecular formula is C27H45N3O2S. The highest BCUT2D eigenvalue weighted by atomic mass is 32.1. The van der Waals surface area contributed by atoms with Crippen LogP contribution >= 0.6 is 12.2 Å². The molecule has 0 aromatic heterocycles. The molecule has 6 heteroatoms. The van der Waals surface area contributed by atoms with E-state index in [1.165, 1.54) is 50.5 Å². The Morgan fingerprint density at radius 3 is 2.61 bits per heavy atom. The molecule has 0 spiro atoms. The molecule has 1 aromatic rings. The first-order valence-electron chi connectivity index (χ1n) is 13.1. The van der Waals surface area contributed by atoms with Crippen LogP contribution < -0.4 is 10.6 Å². The molecule has 0 bridgehead atoms. The van der Waals surface area contributed by atoms with Crippen LogP contribution in [0.5, 0.6) is 0 Å². The van der Waals surface area contributed by atoms with Crippen molar-refractivity contribution in [1.29, 1.82) is 0 Å². The first-order chi connectivity index (χ1) is 16.2. The van der Waals surface area contributed by atoms with Crippen LogP contribution in [-0.2, 0) is 9.47 Å². The smallest absolute Gasteiger partial charge is 0.169 e. The van der Waals surface area contributed by atoms with Crippen molar-refractivity contribution in [2.75, 3.05) is 47.0 Å². The van der Waals surface area contributed by atoms with Gasteiger partial charge in [0.25, 0.3) is 0 Å². The number of piperidine rings is 1. The first-order valence-corrected chi connectivity index (χ1v) is 13.5. The molecule has 2 unspecified atom stereocenters. The number of rotatable bonds is 12. The molecule has 3 atom stereocenters. The van der Waals surface area contributed by atoms with E-state index < -0.39 is 0 Å². The molecule has 1 aromatic carbocycles. The third kappa shape index (κ3) is 8.82. The van der Waals surface area contributed by atoms with Gasteiger partial charge in [0, 0.05) is 51.9 Å². The fourth-order valence-corrected chi connectivity index (χ4v) is 5.87. The molecular weight excluding hydrogens is 430 g/mol. The summed E-state index contributed by atoms with van der Waals surface area (Å²) < 4.78 is 11.7. The lowest BCUT2D eigenvalue weighted by Gasteiger charge is -2.39. The molecule has 0 radical (unpaired) electrons. The van der Waals surface area contributed by atoms with Gasteiger partial charge in [-0.05, 0) is 56.4 Å². The summed E-state index contributed by atoms with van der Waals surface area (Å²) in [5, 5.41) is 8.03. The van der Waals surface area contributed by atoms with Gasteiger partial charge in [-0.1, -0.05) is 62.4 Å². The van der Waals surface area contributed by atoms with Crippen LogP contribution in [0.25, 0.3) is 0 Å². The number of ether oxygens (including phenoxy) is 2. The van der Waals surface area contributed by atoms with Gasteiger partial charge in [-0.3, -0.25) is 0 Å².